The van der Waals surface area contributed by atoms with E-state index >= 15 is 0 Å². The highest BCUT2D eigenvalue weighted by molar-refractivity contribution is 5.77. The molecule has 1 amide bonds. The Hall–Kier alpha value is -1.43. The zero-order valence-electron chi connectivity index (χ0n) is 12.3. The van der Waals surface area contributed by atoms with Crippen molar-refractivity contribution in [2.75, 3.05) is 26.3 Å². The molecule has 0 bridgehead atoms. The molecule has 0 radical (unpaired) electrons. The number of piperidine rings is 1. The number of aliphatic hydroxyl groups excluding tert-OH is 1. The molecule has 1 saturated heterocycles. The van der Waals surface area contributed by atoms with E-state index in [9.17, 15) is 9.90 Å². The summed E-state index contributed by atoms with van der Waals surface area (Å²) in [6, 6.07) is 9.55. The molecule has 2 rings (SSSR count). The highest BCUT2D eigenvalue weighted by Crippen LogP contribution is 2.07. The monoisotopic (exact) mass is 292 g/mol. The van der Waals surface area contributed by atoms with Gasteiger partial charge in [-0.3, -0.25) is 4.79 Å². The molecule has 1 atom stereocenters. The molecule has 1 aliphatic heterocycles. The molecule has 1 heterocycles. The van der Waals surface area contributed by atoms with Crippen LogP contribution in [0.2, 0.25) is 0 Å². The lowest BCUT2D eigenvalue weighted by molar-refractivity contribution is -0.129. The predicted octanol–water partition coefficient (Wildman–Crippen LogP) is 0.475. The van der Waals surface area contributed by atoms with E-state index in [1.807, 2.05) is 30.3 Å². The van der Waals surface area contributed by atoms with Gasteiger partial charge in [-0.05, 0) is 37.9 Å². The summed E-state index contributed by atoms with van der Waals surface area (Å²) in [5.41, 5.74) is 1.09. The third kappa shape index (κ3) is 5.83. The number of benzene rings is 1. The van der Waals surface area contributed by atoms with E-state index in [-0.39, 0.29) is 31.3 Å². The van der Waals surface area contributed by atoms with Crippen molar-refractivity contribution in [3.05, 3.63) is 35.9 Å². The van der Waals surface area contributed by atoms with Crippen LogP contribution < -0.4 is 10.6 Å². The molecule has 0 unspecified atom stereocenters. The number of carbonyl (C=O) groups is 1. The van der Waals surface area contributed by atoms with Crippen LogP contribution in [0.25, 0.3) is 0 Å². The fourth-order valence-electron chi connectivity index (χ4n) is 2.48. The van der Waals surface area contributed by atoms with Gasteiger partial charge in [0.05, 0.1) is 18.8 Å². The second-order valence-electron chi connectivity index (χ2n) is 5.40. The van der Waals surface area contributed by atoms with E-state index < -0.39 is 0 Å². The van der Waals surface area contributed by atoms with Gasteiger partial charge in [0, 0.05) is 0 Å². The number of aliphatic hydroxyl groups is 1. The first kappa shape index (κ1) is 15.9. The summed E-state index contributed by atoms with van der Waals surface area (Å²) in [5, 5.41) is 15.5. The maximum Gasteiger partial charge on any atom is 0.246 e. The Morgan fingerprint density at radius 1 is 1.33 bits per heavy atom. The van der Waals surface area contributed by atoms with E-state index in [1.165, 1.54) is 0 Å². The van der Waals surface area contributed by atoms with Crippen molar-refractivity contribution in [2.45, 2.75) is 31.4 Å². The maximum atomic E-state index is 11.9. The molecule has 3 N–H and O–H groups in total. The maximum absolute atomic E-state index is 11.9. The zero-order valence-corrected chi connectivity index (χ0v) is 12.3. The van der Waals surface area contributed by atoms with Gasteiger partial charge in [-0.15, -0.1) is 0 Å². The van der Waals surface area contributed by atoms with Crippen LogP contribution in [0.3, 0.4) is 0 Å². The fourth-order valence-corrected chi connectivity index (χ4v) is 2.48. The minimum atomic E-state index is -0.267. The molecule has 0 aliphatic carbocycles. The minimum absolute atomic E-state index is 0.0654. The Morgan fingerprint density at radius 3 is 2.71 bits per heavy atom. The molecule has 1 fully saturated rings. The van der Waals surface area contributed by atoms with Crippen LogP contribution in [-0.4, -0.2) is 49.5 Å². The molecule has 1 aliphatic rings. The predicted molar refractivity (Wildman–Crippen MR) is 81.0 cm³/mol. The standard InChI is InChI=1S/C16H24N2O3/c19-11-14(10-13-4-2-1-3-5-13)18-16(20)12-21-15-6-8-17-9-7-15/h1-5,14-15,17,19H,6-12H2,(H,18,20)/t14-/m1/s1. The van der Waals surface area contributed by atoms with Crippen molar-refractivity contribution >= 4 is 5.91 Å². The SMILES string of the molecule is O=C(COC1CCNCC1)N[C@@H](CO)Cc1ccccc1. The molecule has 0 saturated carbocycles. The normalized spacial score (nSPS) is 17.4. The number of hydrogen-bond donors (Lipinski definition) is 3. The van der Waals surface area contributed by atoms with Gasteiger partial charge in [-0.2, -0.15) is 0 Å². The Morgan fingerprint density at radius 2 is 2.05 bits per heavy atom. The molecule has 5 nitrogen and oxygen atoms in total. The highest BCUT2D eigenvalue weighted by atomic mass is 16.5. The first-order valence-corrected chi connectivity index (χ1v) is 7.54. The topological polar surface area (TPSA) is 70.6 Å². The lowest BCUT2D eigenvalue weighted by Gasteiger charge is -2.23. The number of nitrogens with one attached hydrogen (secondary N) is 2. The van der Waals surface area contributed by atoms with Crippen molar-refractivity contribution in [3.63, 3.8) is 0 Å². The zero-order chi connectivity index (χ0) is 14.9. The van der Waals surface area contributed by atoms with Gasteiger partial charge < -0.3 is 20.5 Å². The quantitative estimate of drug-likeness (QED) is 0.683. The minimum Gasteiger partial charge on any atom is -0.394 e. The number of rotatable bonds is 7. The average Bonchev–Trinajstić information content (AvgIpc) is 2.54. The molecule has 1 aromatic rings. The summed E-state index contributed by atoms with van der Waals surface area (Å²) in [5.74, 6) is -0.163. The molecule has 0 aromatic heterocycles. The number of amides is 1. The highest BCUT2D eigenvalue weighted by Gasteiger charge is 2.16. The lowest BCUT2D eigenvalue weighted by Crippen LogP contribution is -2.42. The third-order valence-electron chi connectivity index (χ3n) is 3.65. The van der Waals surface area contributed by atoms with E-state index in [0.29, 0.717) is 6.42 Å². The smallest absolute Gasteiger partial charge is 0.246 e. The summed E-state index contributed by atoms with van der Waals surface area (Å²) >= 11 is 0. The number of carbonyl (C=O) groups excluding carboxylic acids is 1. The summed E-state index contributed by atoms with van der Waals surface area (Å²) in [7, 11) is 0. The molecule has 1 aromatic carbocycles. The van der Waals surface area contributed by atoms with Crippen molar-refractivity contribution in [2.24, 2.45) is 0 Å². The van der Waals surface area contributed by atoms with Crippen LogP contribution in [0.1, 0.15) is 18.4 Å². The molecule has 0 spiro atoms. The molecular formula is C16H24N2O3. The number of hydrogen-bond acceptors (Lipinski definition) is 4. The molecule has 5 heteroatoms. The lowest BCUT2D eigenvalue weighted by atomic mass is 10.1. The summed E-state index contributed by atoms with van der Waals surface area (Å²) in [6.45, 7) is 1.88. The second kappa shape index (κ2) is 8.77. The van der Waals surface area contributed by atoms with Crippen LogP contribution >= 0.6 is 0 Å². The van der Waals surface area contributed by atoms with Crippen LogP contribution in [0, 0.1) is 0 Å². The van der Waals surface area contributed by atoms with Crippen molar-refractivity contribution in [1.29, 1.82) is 0 Å². The van der Waals surface area contributed by atoms with Gasteiger partial charge in [0.1, 0.15) is 6.61 Å². The Labute approximate surface area is 125 Å². The molecule has 21 heavy (non-hydrogen) atoms. The van der Waals surface area contributed by atoms with E-state index in [2.05, 4.69) is 10.6 Å². The Kier molecular flexibility index (Phi) is 6.66. The van der Waals surface area contributed by atoms with Gasteiger partial charge in [-0.25, -0.2) is 0 Å². The van der Waals surface area contributed by atoms with E-state index in [4.69, 9.17) is 4.74 Å². The van der Waals surface area contributed by atoms with Gasteiger partial charge >= 0.3 is 0 Å². The average molecular weight is 292 g/mol. The second-order valence-corrected chi connectivity index (χ2v) is 5.40. The van der Waals surface area contributed by atoms with Gasteiger partial charge in [0.25, 0.3) is 0 Å². The van der Waals surface area contributed by atoms with Gasteiger partial charge in [0.15, 0.2) is 0 Å². The summed E-state index contributed by atoms with van der Waals surface area (Å²) < 4.78 is 5.61. The summed E-state index contributed by atoms with van der Waals surface area (Å²) in [4.78, 5) is 11.9. The van der Waals surface area contributed by atoms with Crippen molar-refractivity contribution < 1.29 is 14.6 Å². The fraction of sp³-hybridized carbons (Fsp3) is 0.562. The van der Waals surface area contributed by atoms with Crippen LogP contribution in [0.4, 0.5) is 0 Å². The first-order chi connectivity index (χ1) is 10.3. The molecular weight excluding hydrogens is 268 g/mol. The van der Waals surface area contributed by atoms with E-state index in [0.717, 1.165) is 31.5 Å². The third-order valence-corrected chi connectivity index (χ3v) is 3.65. The number of ether oxygens (including phenoxy) is 1. The Bertz CT molecular complexity index is 419. The van der Waals surface area contributed by atoms with Crippen LogP contribution in [0.15, 0.2) is 30.3 Å². The van der Waals surface area contributed by atoms with Crippen molar-refractivity contribution in [1.82, 2.24) is 10.6 Å². The van der Waals surface area contributed by atoms with Crippen LogP contribution in [0.5, 0.6) is 0 Å². The first-order valence-electron chi connectivity index (χ1n) is 7.54. The van der Waals surface area contributed by atoms with E-state index in [1.54, 1.807) is 0 Å². The largest absolute Gasteiger partial charge is 0.394 e. The Balaban J connectivity index is 1.71. The summed E-state index contributed by atoms with van der Waals surface area (Å²) in [6.07, 6.45) is 2.68. The van der Waals surface area contributed by atoms with Crippen molar-refractivity contribution in [3.8, 4) is 0 Å². The van der Waals surface area contributed by atoms with Crippen LogP contribution in [-0.2, 0) is 16.0 Å². The van der Waals surface area contributed by atoms with Gasteiger partial charge in [-0.1, -0.05) is 30.3 Å². The molecule has 116 valence electrons. The van der Waals surface area contributed by atoms with Gasteiger partial charge in [0.2, 0.25) is 5.91 Å².